The second kappa shape index (κ2) is 5.98. The molecule has 0 aliphatic heterocycles. The lowest BCUT2D eigenvalue weighted by atomic mass is 10.2. The molecule has 7 heteroatoms. The summed E-state index contributed by atoms with van der Waals surface area (Å²) < 4.78 is 28.7. The van der Waals surface area contributed by atoms with Crippen LogP contribution in [0.4, 0.5) is 11.4 Å². The zero-order valence-electron chi connectivity index (χ0n) is 11.4. The van der Waals surface area contributed by atoms with Crippen molar-refractivity contribution in [1.82, 2.24) is 0 Å². The van der Waals surface area contributed by atoms with Gasteiger partial charge in [0.15, 0.2) is 0 Å². The number of halogens is 2. The summed E-state index contributed by atoms with van der Waals surface area (Å²) in [5, 5.41) is 0. The molecule has 2 rings (SSSR count). The van der Waals surface area contributed by atoms with E-state index in [1.165, 1.54) is 0 Å². The molecular weight excluding hydrogens is 420 g/mol. The van der Waals surface area contributed by atoms with E-state index in [0.29, 0.717) is 15.8 Å². The molecule has 4 nitrogen and oxygen atoms in total. The van der Waals surface area contributed by atoms with Gasteiger partial charge in [0, 0.05) is 14.6 Å². The lowest BCUT2D eigenvalue weighted by Gasteiger charge is -2.12. The average Bonchev–Trinajstić information content (AvgIpc) is 2.37. The summed E-state index contributed by atoms with van der Waals surface area (Å²) in [5.74, 6) is 0. The van der Waals surface area contributed by atoms with E-state index < -0.39 is 10.0 Å². The van der Waals surface area contributed by atoms with Crippen LogP contribution in [0.3, 0.4) is 0 Å². The first-order chi connectivity index (χ1) is 9.70. The first kappa shape index (κ1) is 16.3. The molecule has 0 unspecified atom stereocenters. The lowest BCUT2D eigenvalue weighted by molar-refractivity contribution is 0.600. The van der Waals surface area contributed by atoms with Gasteiger partial charge in [0.1, 0.15) is 4.90 Å². The van der Waals surface area contributed by atoms with E-state index in [9.17, 15) is 8.42 Å². The fraction of sp³-hybridized carbons (Fsp3) is 0.143. The minimum Gasteiger partial charge on any atom is -0.398 e. The predicted molar refractivity (Wildman–Crippen MR) is 93.0 cm³/mol. The van der Waals surface area contributed by atoms with Crippen LogP contribution >= 0.6 is 31.9 Å². The Kier molecular flexibility index (Phi) is 4.65. The summed E-state index contributed by atoms with van der Waals surface area (Å²) in [4.78, 5) is 0.166. The number of nitrogen functional groups attached to an aromatic ring is 1. The van der Waals surface area contributed by atoms with Crippen LogP contribution in [-0.2, 0) is 10.0 Å². The summed E-state index contributed by atoms with van der Waals surface area (Å²) in [6.45, 7) is 3.75. The van der Waals surface area contributed by atoms with E-state index in [1.54, 1.807) is 30.3 Å². The Morgan fingerprint density at radius 2 is 1.67 bits per heavy atom. The highest BCUT2D eigenvalue weighted by molar-refractivity contribution is 9.11. The maximum absolute atomic E-state index is 12.5. The Morgan fingerprint density at radius 3 is 2.29 bits per heavy atom. The second-order valence-corrected chi connectivity index (χ2v) is 8.07. The van der Waals surface area contributed by atoms with Crippen LogP contribution in [-0.4, -0.2) is 8.42 Å². The molecule has 2 aromatic rings. The van der Waals surface area contributed by atoms with Gasteiger partial charge in [-0.05, 0) is 65.2 Å². The largest absolute Gasteiger partial charge is 0.398 e. The number of anilines is 2. The molecule has 112 valence electrons. The zero-order chi connectivity index (χ0) is 15.8. The highest BCUT2D eigenvalue weighted by Gasteiger charge is 2.19. The fourth-order valence-electron chi connectivity index (χ4n) is 1.75. The summed E-state index contributed by atoms with van der Waals surface area (Å²) >= 11 is 6.64. The monoisotopic (exact) mass is 432 g/mol. The predicted octanol–water partition coefficient (Wildman–Crippen LogP) is 4.21. The standard InChI is InChI=1S/C14H14Br2N2O2S/c1-8-3-4-10(6-13(8)17)18-21(19,20)14-7-11(15)9(2)5-12(14)16/h3-7,18H,17H2,1-2H3. The van der Waals surface area contributed by atoms with Gasteiger partial charge in [-0.3, -0.25) is 4.72 Å². The number of hydrogen-bond donors (Lipinski definition) is 2. The van der Waals surface area contributed by atoms with Crippen molar-refractivity contribution >= 4 is 53.3 Å². The van der Waals surface area contributed by atoms with E-state index in [-0.39, 0.29) is 4.90 Å². The number of benzene rings is 2. The molecule has 0 amide bonds. The van der Waals surface area contributed by atoms with Crippen molar-refractivity contribution in [2.45, 2.75) is 18.7 Å². The molecule has 0 saturated heterocycles. The topological polar surface area (TPSA) is 72.2 Å². The molecule has 0 saturated carbocycles. The van der Waals surface area contributed by atoms with Gasteiger partial charge in [-0.15, -0.1) is 0 Å². The van der Waals surface area contributed by atoms with Crippen molar-refractivity contribution in [3.05, 3.63) is 50.4 Å². The van der Waals surface area contributed by atoms with Gasteiger partial charge in [0.2, 0.25) is 0 Å². The van der Waals surface area contributed by atoms with E-state index in [1.807, 2.05) is 13.8 Å². The maximum Gasteiger partial charge on any atom is 0.263 e. The van der Waals surface area contributed by atoms with Crippen molar-refractivity contribution in [2.75, 3.05) is 10.5 Å². The Bertz CT molecular complexity index is 805. The first-order valence-corrected chi connectivity index (χ1v) is 9.12. The van der Waals surface area contributed by atoms with Crippen molar-refractivity contribution in [3.8, 4) is 0 Å². The second-order valence-electron chi connectivity index (χ2n) is 4.71. The van der Waals surface area contributed by atoms with Crippen molar-refractivity contribution in [3.63, 3.8) is 0 Å². The van der Waals surface area contributed by atoms with Crippen molar-refractivity contribution < 1.29 is 8.42 Å². The third kappa shape index (κ3) is 3.59. The van der Waals surface area contributed by atoms with Crippen LogP contribution in [0, 0.1) is 13.8 Å². The fourth-order valence-corrected chi connectivity index (χ4v) is 4.48. The van der Waals surface area contributed by atoms with E-state index in [0.717, 1.165) is 15.6 Å². The molecule has 21 heavy (non-hydrogen) atoms. The summed E-state index contributed by atoms with van der Waals surface area (Å²) in [5.41, 5.74) is 8.62. The molecule has 2 aromatic carbocycles. The Hall–Kier alpha value is -1.05. The van der Waals surface area contributed by atoms with Crippen LogP contribution in [0.2, 0.25) is 0 Å². The Labute approximate surface area is 141 Å². The normalized spacial score (nSPS) is 11.4. The lowest BCUT2D eigenvalue weighted by Crippen LogP contribution is -2.14. The number of aryl methyl sites for hydroxylation is 2. The molecule has 0 fully saturated rings. The number of rotatable bonds is 3. The molecule has 0 aliphatic carbocycles. The van der Waals surface area contributed by atoms with Gasteiger partial charge in [0.25, 0.3) is 10.0 Å². The van der Waals surface area contributed by atoms with Crippen LogP contribution in [0.1, 0.15) is 11.1 Å². The Morgan fingerprint density at radius 1 is 1.00 bits per heavy atom. The van der Waals surface area contributed by atoms with Crippen molar-refractivity contribution in [1.29, 1.82) is 0 Å². The van der Waals surface area contributed by atoms with Gasteiger partial charge in [0.05, 0.1) is 5.69 Å². The molecular formula is C14H14Br2N2O2S. The van der Waals surface area contributed by atoms with E-state index in [2.05, 4.69) is 36.6 Å². The Balaban J connectivity index is 2.43. The maximum atomic E-state index is 12.5. The van der Waals surface area contributed by atoms with Crippen LogP contribution < -0.4 is 10.5 Å². The van der Waals surface area contributed by atoms with E-state index in [4.69, 9.17) is 5.73 Å². The van der Waals surface area contributed by atoms with Gasteiger partial charge >= 0.3 is 0 Å². The van der Waals surface area contributed by atoms with Crippen molar-refractivity contribution in [2.24, 2.45) is 0 Å². The third-order valence-electron chi connectivity index (χ3n) is 3.03. The smallest absolute Gasteiger partial charge is 0.263 e. The zero-order valence-corrected chi connectivity index (χ0v) is 15.4. The van der Waals surface area contributed by atoms with Gasteiger partial charge in [-0.1, -0.05) is 22.0 Å². The highest BCUT2D eigenvalue weighted by Crippen LogP contribution is 2.30. The van der Waals surface area contributed by atoms with Crippen LogP contribution in [0.25, 0.3) is 0 Å². The van der Waals surface area contributed by atoms with Gasteiger partial charge in [-0.2, -0.15) is 0 Å². The third-order valence-corrected chi connectivity index (χ3v) is 6.23. The van der Waals surface area contributed by atoms with Crippen LogP contribution in [0.15, 0.2) is 44.2 Å². The number of nitrogens with one attached hydrogen (secondary N) is 1. The molecule has 0 bridgehead atoms. The summed E-state index contributed by atoms with van der Waals surface area (Å²) in [7, 11) is -3.70. The van der Waals surface area contributed by atoms with Crippen LogP contribution in [0.5, 0.6) is 0 Å². The van der Waals surface area contributed by atoms with E-state index >= 15 is 0 Å². The quantitative estimate of drug-likeness (QED) is 0.712. The SMILES string of the molecule is Cc1ccc(NS(=O)(=O)c2cc(Br)c(C)cc2Br)cc1N. The minimum atomic E-state index is -3.70. The molecule has 0 heterocycles. The summed E-state index contributed by atoms with van der Waals surface area (Å²) in [6, 6.07) is 8.37. The number of hydrogen-bond acceptors (Lipinski definition) is 3. The van der Waals surface area contributed by atoms with Gasteiger partial charge in [-0.25, -0.2) is 8.42 Å². The molecule has 0 aromatic heterocycles. The molecule has 3 N–H and O–H groups in total. The first-order valence-electron chi connectivity index (χ1n) is 6.05. The minimum absolute atomic E-state index is 0.166. The molecule has 0 radical (unpaired) electrons. The molecule has 0 aliphatic rings. The highest BCUT2D eigenvalue weighted by atomic mass is 79.9. The molecule has 0 spiro atoms. The number of nitrogens with two attached hydrogens (primary N) is 1. The summed E-state index contributed by atoms with van der Waals surface area (Å²) in [6.07, 6.45) is 0. The van der Waals surface area contributed by atoms with Gasteiger partial charge < -0.3 is 5.73 Å². The average molecular weight is 434 g/mol. The number of sulfonamides is 1. The molecule has 0 atom stereocenters.